The van der Waals surface area contributed by atoms with Crippen molar-refractivity contribution in [2.75, 3.05) is 5.75 Å². The summed E-state index contributed by atoms with van der Waals surface area (Å²) in [7, 11) is -2.17. The summed E-state index contributed by atoms with van der Waals surface area (Å²) in [6, 6.07) is 10.5. The summed E-state index contributed by atoms with van der Waals surface area (Å²) in [5, 5.41) is 5.18. The molecule has 0 fully saturated rings. The molecule has 3 heterocycles. The first-order chi connectivity index (χ1) is 13.8. The van der Waals surface area contributed by atoms with Gasteiger partial charge in [-0.25, -0.2) is 9.67 Å². The summed E-state index contributed by atoms with van der Waals surface area (Å²) in [5.74, 6) is -1.37. The first-order valence-corrected chi connectivity index (χ1v) is 9.94. The van der Waals surface area contributed by atoms with Gasteiger partial charge in [0.25, 0.3) is 0 Å². The molecule has 0 radical (unpaired) electrons. The lowest BCUT2D eigenvalue weighted by Crippen LogP contribution is -2.19. The topological polar surface area (TPSA) is 60.7 Å². The van der Waals surface area contributed by atoms with Crippen LogP contribution >= 0.6 is 0 Å². The molecule has 0 N–H and O–H groups in total. The Hall–Kier alpha value is -3.07. The quantitative estimate of drug-likeness (QED) is 0.493. The Morgan fingerprint density at radius 3 is 2.66 bits per heavy atom. The van der Waals surface area contributed by atoms with Crippen LogP contribution in [0.3, 0.4) is 0 Å². The van der Waals surface area contributed by atoms with Gasteiger partial charge in [0.1, 0.15) is 5.75 Å². The zero-order chi connectivity index (χ0) is 20.6. The first-order valence-electron chi connectivity index (χ1n) is 8.62. The van der Waals surface area contributed by atoms with Crippen LogP contribution in [0.15, 0.2) is 66.1 Å². The van der Waals surface area contributed by atoms with Gasteiger partial charge in [-0.1, -0.05) is 12.1 Å². The summed E-state index contributed by atoms with van der Waals surface area (Å²) in [6.45, 7) is 1.65. The highest BCUT2D eigenvalue weighted by atomic mass is 32.2. The van der Waals surface area contributed by atoms with E-state index in [0.29, 0.717) is 22.3 Å². The number of alkyl halides is 3. The van der Waals surface area contributed by atoms with Crippen molar-refractivity contribution in [1.82, 2.24) is 19.7 Å². The molecule has 0 saturated heterocycles. The highest BCUT2D eigenvalue weighted by Gasteiger charge is 2.31. The number of benzene rings is 1. The van der Waals surface area contributed by atoms with Gasteiger partial charge in [0.2, 0.25) is 0 Å². The Bertz CT molecular complexity index is 1210. The lowest BCUT2D eigenvalue weighted by Gasteiger charge is -2.11. The second-order valence-electron chi connectivity index (χ2n) is 6.51. The molecule has 1 atom stereocenters. The van der Waals surface area contributed by atoms with E-state index in [0.717, 1.165) is 11.1 Å². The van der Waals surface area contributed by atoms with E-state index < -0.39 is 22.7 Å². The second-order valence-corrected chi connectivity index (χ2v) is 7.93. The molecule has 0 aliphatic rings. The van der Waals surface area contributed by atoms with Gasteiger partial charge in [-0.15, -0.1) is 5.10 Å². The van der Waals surface area contributed by atoms with Crippen LogP contribution in [0.25, 0.3) is 27.8 Å². The average molecular weight is 416 g/mol. The molecule has 5 nitrogen and oxygen atoms in total. The zero-order valence-electron chi connectivity index (χ0n) is 15.2. The van der Waals surface area contributed by atoms with E-state index in [4.69, 9.17) is 0 Å². The molecule has 4 aromatic rings. The van der Waals surface area contributed by atoms with E-state index in [2.05, 4.69) is 15.1 Å². The van der Waals surface area contributed by atoms with Crippen LogP contribution < -0.4 is 0 Å². The molecule has 0 spiro atoms. The SMILES string of the molecule is Cc1ccc(-c2cnc3nn(-c4cccnc4)cc3c2)cc1S(=O)CC(F)(F)F. The van der Waals surface area contributed by atoms with Crippen LogP contribution in [-0.4, -0.2) is 35.9 Å². The molecule has 0 saturated carbocycles. The standard InChI is InChI=1S/C20H15F3N4OS/c1-13-4-5-14(8-18(13)29(28)12-20(21,22)23)15-7-16-11-27(26-19(16)25-9-15)17-3-2-6-24-10-17/h2-11H,12H2,1H3. The van der Waals surface area contributed by atoms with Crippen molar-refractivity contribution in [2.24, 2.45) is 0 Å². The normalized spacial score (nSPS) is 13.0. The van der Waals surface area contributed by atoms with E-state index in [1.807, 2.05) is 12.1 Å². The van der Waals surface area contributed by atoms with Gasteiger partial charge >= 0.3 is 6.18 Å². The number of rotatable bonds is 4. The van der Waals surface area contributed by atoms with Gasteiger partial charge in [0.05, 0.1) is 22.7 Å². The Balaban J connectivity index is 1.71. The van der Waals surface area contributed by atoms with E-state index in [-0.39, 0.29) is 4.90 Å². The van der Waals surface area contributed by atoms with Gasteiger partial charge in [-0.2, -0.15) is 13.2 Å². The monoisotopic (exact) mass is 416 g/mol. The summed E-state index contributed by atoms with van der Waals surface area (Å²) in [4.78, 5) is 8.59. The van der Waals surface area contributed by atoms with Gasteiger partial charge in [-0.05, 0) is 42.3 Å². The predicted octanol–water partition coefficient (Wildman–Crippen LogP) is 4.46. The van der Waals surface area contributed by atoms with E-state index in [1.54, 1.807) is 54.6 Å². The first kappa shape index (κ1) is 19.3. The third-order valence-corrected chi connectivity index (χ3v) is 5.85. The number of nitrogens with zero attached hydrogens (tertiary/aromatic N) is 4. The van der Waals surface area contributed by atoms with Crippen molar-refractivity contribution in [3.05, 3.63) is 66.7 Å². The maximum Gasteiger partial charge on any atom is 0.400 e. The molecule has 0 aliphatic heterocycles. The minimum Gasteiger partial charge on any atom is -0.262 e. The van der Waals surface area contributed by atoms with Crippen molar-refractivity contribution in [3.8, 4) is 16.8 Å². The summed E-state index contributed by atoms with van der Waals surface area (Å²) >= 11 is 0. The molecule has 3 aromatic heterocycles. The number of hydrogen-bond acceptors (Lipinski definition) is 4. The maximum absolute atomic E-state index is 12.6. The fraction of sp³-hybridized carbons (Fsp3) is 0.150. The molecule has 148 valence electrons. The fourth-order valence-corrected chi connectivity index (χ4v) is 4.08. The molecular formula is C20H15F3N4OS. The fourth-order valence-electron chi connectivity index (χ4n) is 2.95. The van der Waals surface area contributed by atoms with Crippen LogP contribution in [0.5, 0.6) is 0 Å². The largest absolute Gasteiger partial charge is 0.400 e. The Morgan fingerprint density at radius 1 is 1.10 bits per heavy atom. The van der Waals surface area contributed by atoms with Crippen molar-refractivity contribution in [1.29, 1.82) is 0 Å². The Kier molecular flexibility index (Phi) is 4.91. The molecule has 1 unspecified atom stereocenters. The van der Waals surface area contributed by atoms with Gasteiger partial charge in [0, 0.05) is 34.4 Å². The number of aromatic nitrogens is 4. The highest BCUT2D eigenvalue weighted by molar-refractivity contribution is 7.85. The molecule has 0 bridgehead atoms. The molecule has 0 aliphatic carbocycles. The third-order valence-electron chi connectivity index (χ3n) is 4.33. The van der Waals surface area contributed by atoms with Gasteiger partial charge in [-0.3, -0.25) is 9.19 Å². The number of fused-ring (bicyclic) bond motifs is 1. The van der Waals surface area contributed by atoms with Crippen molar-refractivity contribution in [3.63, 3.8) is 0 Å². The Labute approximate surface area is 166 Å². The highest BCUT2D eigenvalue weighted by Crippen LogP contribution is 2.28. The van der Waals surface area contributed by atoms with Crippen LogP contribution in [0.1, 0.15) is 5.56 Å². The molecule has 4 rings (SSSR count). The maximum atomic E-state index is 12.6. The zero-order valence-corrected chi connectivity index (χ0v) is 16.0. The number of pyridine rings is 2. The number of aryl methyl sites for hydroxylation is 1. The molecule has 29 heavy (non-hydrogen) atoms. The van der Waals surface area contributed by atoms with Crippen molar-refractivity contribution >= 4 is 21.8 Å². The van der Waals surface area contributed by atoms with Gasteiger partial charge < -0.3 is 0 Å². The van der Waals surface area contributed by atoms with Crippen LogP contribution in [-0.2, 0) is 10.8 Å². The summed E-state index contributed by atoms with van der Waals surface area (Å²) < 4.78 is 51.8. The summed E-state index contributed by atoms with van der Waals surface area (Å²) in [5.41, 5.74) is 3.21. The van der Waals surface area contributed by atoms with Crippen molar-refractivity contribution in [2.45, 2.75) is 18.0 Å². The molecule has 0 amide bonds. The number of halogens is 3. The van der Waals surface area contributed by atoms with E-state index >= 15 is 0 Å². The predicted molar refractivity (Wildman–Crippen MR) is 104 cm³/mol. The van der Waals surface area contributed by atoms with Crippen molar-refractivity contribution < 1.29 is 17.4 Å². The molecular weight excluding hydrogens is 401 g/mol. The van der Waals surface area contributed by atoms with Crippen LogP contribution in [0, 0.1) is 6.92 Å². The van der Waals surface area contributed by atoms with Crippen LogP contribution in [0.4, 0.5) is 13.2 Å². The molecule has 1 aromatic carbocycles. The van der Waals surface area contributed by atoms with Crippen LogP contribution in [0.2, 0.25) is 0 Å². The molecule has 9 heteroatoms. The van der Waals surface area contributed by atoms with Gasteiger partial charge in [0.15, 0.2) is 5.65 Å². The summed E-state index contributed by atoms with van der Waals surface area (Å²) in [6.07, 6.45) is 2.26. The number of hydrogen-bond donors (Lipinski definition) is 0. The van der Waals surface area contributed by atoms with E-state index in [1.165, 1.54) is 6.07 Å². The van der Waals surface area contributed by atoms with E-state index in [9.17, 15) is 17.4 Å². The third kappa shape index (κ3) is 4.19. The smallest absolute Gasteiger partial charge is 0.262 e. The second kappa shape index (κ2) is 7.40. The lowest BCUT2D eigenvalue weighted by atomic mass is 10.1. The lowest BCUT2D eigenvalue weighted by molar-refractivity contribution is -0.105. The minimum absolute atomic E-state index is 0.172. The Morgan fingerprint density at radius 2 is 1.93 bits per heavy atom. The average Bonchev–Trinajstić information content (AvgIpc) is 3.11. The minimum atomic E-state index is -4.49.